The Labute approximate surface area is 102 Å². The van der Waals surface area contributed by atoms with Crippen molar-refractivity contribution in [3.05, 3.63) is 35.8 Å². The number of hydrogen-bond donors (Lipinski definition) is 0. The summed E-state index contributed by atoms with van der Waals surface area (Å²) < 4.78 is 5.05. The van der Waals surface area contributed by atoms with E-state index in [9.17, 15) is 4.79 Å². The van der Waals surface area contributed by atoms with Gasteiger partial charge in [-0.15, -0.1) is 0 Å². The second-order valence-electron chi connectivity index (χ2n) is 3.92. The molecule has 0 atom stereocenters. The molecule has 1 rings (SSSR count). The summed E-state index contributed by atoms with van der Waals surface area (Å²) in [6.45, 7) is 4.10. The van der Waals surface area contributed by atoms with Crippen LogP contribution in [-0.2, 0) is 9.53 Å². The van der Waals surface area contributed by atoms with Crippen LogP contribution in [0, 0.1) is 6.92 Å². The van der Waals surface area contributed by atoms with Gasteiger partial charge in [-0.3, -0.25) is 4.98 Å². The van der Waals surface area contributed by atoms with Gasteiger partial charge in [-0.05, 0) is 25.5 Å². The van der Waals surface area contributed by atoms with Crippen molar-refractivity contribution in [1.29, 1.82) is 0 Å². The summed E-state index contributed by atoms with van der Waals surface area (Å²) >= 11 is 0. The van der Waals surface area contributed by atoms with Crippen molar-refractivity contribution >= 4 is 11.5 Å². The minimum absolute atomic E-state index is 0.322. The van der Waals surface area contributed by atoms with Crippen LogP contribution >= 0.6 is 0 Å². The lowest BCUT2D eigenvalue weighted by Gasteiger charge is -2.12. The third-order valence-corrected chi connectivity index (χ3v) is 2.21. The summed E-state index contributed by atoms with van der Waals surface area (Å²) in [6, 6.07) is 1.87. The molecule has 0 fully saturated rings. The van der Waals surface area contributed by atoms with Crippen LogP contribution in [0.4, 0.5) is 0 Å². The molecule has 0 bridgehead atoms. The summed E-state index contributed by atoms with van der Waals surface area (Å²) in [5.41, 5.74) is 2.34. The number of aromatic nitrogens is 1. The Kier molecular flexibility index (Phi) is 4.69. The first-order chi connectivity index (χ1) is 8.06. The van der Waals surface area contributed by atoms with E-state index in [0.29, 0.717) is 12.2 Å². The average molecular weight is 234 g/mol. The van der Waals surface area contributed by atoms with Crippen molar-refractivity contribution in [3.8, 4) is 0 Å². The number of pyridine rings is 1. The fourth-order valence-corrected chi connectivity index (χ4v) is 1.45. The third kappa shape index (κ3) is 3.59. The van der Waals surface area contributed by atoms with Gasteiger partial charge in [-0.25, -0.2) is 4.79 Å². The van der Waals surface area contributed by atoms with Crippen molar-refractivity contribution in [2.45, 2.75) is 13.8 Å². The highest BCUT2D eigenvalue weighted by molar-refractivity contribution is 6.16. The van der Waals surface area contributed by atoms with Gasteiger partial charge in [0.05, 0.1) is 12.2 Å². The van der Waals surface area contributed by atoms with Crippen LogP contribution in [0.1, 0.15) is 18.1 Å². The van der Waals surface area contributed by atoms with Gasteiger partial charge in [-0.2, -0.15) is 0 Å². The molecule has 0 aliphatic carbocycles. The molecule has 0 aliphatic rings. The monoisotopic (exact) mass is 234 g/mol. The smallest absolute Gasteiger partial charge is 0.340 e. The Hall–Kier alpha value is -1.84. The summed E-state index contributed by atoms with van der Waals surface area (Å²) in [7, 11) is 3.73. The first-order valence-corrected chi connectivity index (χ1v) is 5.52. The maximum absolute atomic E-state index is 11.9. The average Bonchev–Trinajstić information content (AvgIpc) is 2.27. The van der Waals surface area contributed by atoms with E-state index in [-0.39, 0.29) is 5.97 Å². The van der Waals surface area contributed by atoms with Gasteiger partial charge >= 0.3 is 5.97 Å². The minimum atomic E-state index is -0.322. The second kappa shape index (κ2) is 6.03. The molecule has 0 unspecified atom stereocenters. The molecule has 17 heavy (non-hydrogen) atoms. The van der Waals surface area contributed by atoms with Gasteiger partial charge < -0.3 is 9.64 Å². The lowest BCUT2D eigenvalue weighted by molar-refractivity contribution is -0.136. The molecule has 4 nitrogen and oxygen atoms in total. The molecule has 92 valence electrons. The molecule has 4 heteroatoms. The van der Waals surface area contributed by atoms with Gasteiger partial charge in [0.2, 0.25) is 0 Å². The van der Waals surface area contributed by atoms with Gasteiger partial charge in [0, 0.05) is 38.3 Å². The van der Waals surface area contributed by atoms with Crippen molar-refractivity contribution in [3.63, 3.8) is 0 Å². The normalized spacial score (nSPS) is 11.2. The van der Waals surface area contributed by atoms with E-state index in [1.807, 2.05) is 32.0 Å². The predicted octanol–water partition coefficient (Wildman–Crippen LogP) is 1.86. The second-order valence-corrected chi connectivity index (χ2v) is 3.92. The van der Waals surface area contributed by atoms with Crippen molar-refractivity contribution in [2.24, 2.45) is 0 Å². The number of esters is 1. The Balaban J connectivity index is 3.16. The maximum Gasteiger partial charge on any atom is 0.340 e. The van der Waals surface area contributed by atoms with Crippen molar-refractivity contribution in [2.75, 3.05) is 20.7 Å². The molecular weight excluding hydrogens is 216 g/mol. The van der Waals surface area contributed by atoms with Gasteiger partial charge in [-0.1, -0.05) is 0 Å². The summed E-state index contributed by atoms with van der Waals surface area (Å²) in [5.74, 6) is -0.322. The number of hydrogen-bond acceptors (Lipinski definition) is 4. The molecule has 0 radical (unpaired) electrons. The fraction of sp³-hybridized carbons (Fsp3) is 0.385. The Morgan fingerprint density at radius 3 is 2.76 bits per heavy atom. The highest BCUT2D eigenvalue weighted by Crippen LogP contribution is 2.19. The zero-order valence-corrected chi connectivity index (χ0v) is 10.7. The minimum Gasteiger partial charge on any atom is -0.462 e. The Bertz CT molecular complexity index is 425. The number of nitrogens with zero attached hydrogens (tertiary/aromatic N) is 2. The zero-order chi connectivity index (χ0) is 12.8. The Morgan fingerprint density at radius 1 is 1.53 bits per heavy atom. The topological polar surface area (TPSA) is 42.4 Å². The molecule has 0 saturated carbocycles. The molecule has 0 saturated heterocycles. The maximum atomic E-state index is 11.9. The standard InChI is InChI=1S/C13H18N2O2/c1-5-17-13(16)12(9-15(3)4)11-8-14-7-6-10(11)2/h6-9H,5H2,1-4H3/b12-9-. The van der Waals surface area contributed by atoms with E-state index in [1.165, 1.54) is 0 Å². The molecule has 1 heterocycles. The van der Waals surface area contributed by atoms with E-state index in [4.69, 9.17) is 4.74 Å². The number of carbonyl (C=O) groups excluding carboxylic acids is 1. The van der Waals surface area contributed by atoms with Crippen LogP contribution in [-0.4, -0.2) is 36.6 Å². The molecular formula is C13H18N2O2. The fourth-order valence-electron chi connectivity index (χ4n) is 1.45. The molecule has 0 aromatic carbocycles. The zero-order valence-electron chi connectivity index (χ0n) is 10.7. The highest BCUT2D eigenvalue weighted by Gasteiger charge is 2.15. The highest BCUT2D eigenvalue weighted by atomic mass is 16.5. The van der Waals surface area contributed by atoms with Crippen LogP contribution in [0.2, 0.25) is 0 Å². The van der Waals surface area contributed by atoms with Crippen LogP contribution in [0.25, 0.3) is 5.57 Å². The molecule has 1 aromatic rings. The van der Waals surface area contributed by atoms with E-state index in [2.05, 4.69) is 4.98 Å². The molecule has 0 spiro atoms. The molecule has 0 amide bonds. The number of aryl methyl sites for hydroxylation is 1. The molecule has 0 aliphatic heterocycles. The SMILES string of the molecule is CCOC(=O)/C(=C\N(C)C)c1cnccc1C. The number of carbonyl (C=O) groups is 1. The van der Waals surface area contributed by atoms with Gasteiger partial charge in [0.1, 0.15) is 0 Å². The number of ether oxygens (including phenoxy) is 1. The summed E-state index contributed by atoms with van der Waals surface area (Å²) in [5, 5.41) is 0. The third-order valence-electron chi connectivity index (χ3n) is 2.21. The summed E-state index contributed by atoms with van der Waals surface area (Å²) in [4.78, 5) is 17.8. The number of rotatable bonds is 4. The first kappa shape index (κ1) is 13.2. The lowest BCUT2D eigenvalue weighted by Crippen LogP contribution is -2.12. The Morgan fingerprint density at radius 2 is 2.24 bits per heavy atom. The quantitative estimate of drug-likeness (QED) is 0.589. The van der Waals surface area contributed by atoms with E-state index >= 15 is 0 Å². The predicted molar refractivity (Wildman–Crippen MR) is 67.3 cm³/mol. The van der Waals surface area contributed by atoms with Gasteiger partial charge in [0.15, 0.2) is 0 Å². The van der Waals surface area contributed by atoms with Crippen molar-refractivity contribution < 1.29 is 9.53 Å². The van der Waals surface area contributed by atoms with E-state index in [0.717, 1.165) is 11.1 Å². The first-order valence-electron chi connectivity index (χ1n) is 5.52. The van der Waals surface area contributed by atoms with E-state index < -0.39 is 0 Å². The van der Waals surface area contributed by atoms with Crippen molar-refractivity contribution in [1.82, 2.24) is 9.88 Å². The van der Waals surface area contributed by atoms with Gasteiger partial charge in [0.25, 0.3) is 0 Å². The van der Waals surface area contributed by atoms with Crippen LogP contribution in [0.15, 0.2) is 24.7 Å². The van der Waals surface area contributed by atoms with E-state index in [1.54, 1.807) is 25.5 Å². The molecule has 1 aromatic heterocycles. The van der Waals surface area contributed by atoms with Crippen LogP contribution < -0.4 is 0 Å². The van der Waals surface area contributed by atoms with Crippen LogP contribution in [0.5, 0.6) is 0 Å². The lowest BCUT2D eigenvalue weighted by atomic mass is 10.0. The summed E-state index contributed by atoms with van der Waals surface area (Å²) in [6.07, 6.45) is 5.14. The molecule has 0 N–H and O–H groups in total. The van der Waals surface area contributed by atoms with Crippen LogP contribution in [0.3, 0.4) is 0 Å². The largest absolute Gasteiger partial charge is 0.462 e.